The average Bonchev–Trinajstić information content (AvgIpc) is 3.63. The number of carbonyl (C=O) groups excluding carboxylic acids is 1. The van der Waals surface area contributed by atoms with Crippen molar-refractivity contribution in [2.24, 2.45) is 0 Å². The lowest BCUT2D eigenvalue weighted by molar-refractivity contribution is 0.0751. The van der Waals surface area contributed by atoms with Crippen molar-refractivity contribution in [3.05, 3.63) is 93.7 Å². The Morgan fingerprint density at radius 1 is 1.08 bits per heavy atom. The maximum absolute atomic E-state index is 13.7. The zero-order chi connectivity index (χ0) is 26.7. The fraction of sp³-hybridized carbons (Fsp3) is 0.192. The fourth-order valence-corrected chi connectivity index (χ4v) is 6.92. The minimum absolute atomic E-state index is 0.0193. The zero-order valence-corrected chi connectivity index (χ0v) is 22.5. The van der Waals surface area contributed by atoms with E-state index in [0.717, 1.165) is 5.69 Å². The first-order valence-corrected chi connectivity index (χ1v) is 14.4. The number of aromatic nitrogens is 2. The highest BCUT2D eigenvalue weighted by Crippen LogP contribution is 2.30. The van der Waals surface area contributed by atoms with Crippen LogP contribution in [0.5, 0.6) is 0 Å². The summed E-state index contributed by atoms with van der Waals surface area (Å²) in [5.74, 6) is -0.0193. The number of aromatic amines is 1. The molecule has 3 heterocycles. The number of nitriles is 1. The number of benzene rings is 2. The number of H-pyrrole nitrogens is 1. The molecule has 0 unspecified atom stereocenters. The van der Waals surface area contributed by atoms with Crippen LogP contribution < -0.4 is 9.21 Å². The molecule has 38 heavy (non-hydrogen) atoms. The standard InChI is InChI=1S/C26H23ClN6O3S2/c27-25-10-9-23(37-25)26(34)32-13-11-31(12-14-32)21-5-7-22(8-6-21)33(17-20-16-29-18-30-20)38(35,36)24-4-2-1-3-19(24)15-28/h1-10,16,18H,11-14,17H2,(H,29,30). The van der Waals surface area contributed by atoms with E-state index < -0.39 is 10.0 Å². The first-order valence-electron chi connectivity index (χ1n) is 11.8. The van der Waals surface area contributed by atoms with E-state index in [1.165, 1.54) is 34.1 Å². The monoisotopic (exact) mass is 566 g/mol. The van der Waals surface area contributed by atoms with Crippen molar-refractivity contribution in [2.45, 2.75) is 11.4 Å². The van der Waals surface area contributed by atoms with Crippen molar-refractivity contribution in [1.29, 1.82) is 5.26 Å². The average molecular weight is 567 g/mol. The number of sulfonamides is 1. The molecular formula is C26H23ClN6O3S2. The Balaban J connectivity index is 1.35. The van der Waals surface area contributed by atoms with Gasteiger partial charge in [-0.25, -0.2) is 13.4 Å². The predicted octanol–water partition coefficient (Wildman–Crippen LogP) is 4.35. The number of carbonyl (C=O) groups is 1. The van der Waals surface area contributed by atoms with Gasteiger partial charge in [-0.05, 0) is 48.5 Å². The molecular weight excluding hydrogens is 544 g/mol. The number of hydrogen-bond acceptors (Lipinski definition) is 7. The molecule has 0 bridgehead atoms. The van der Waals surface area contributed by atoms with E-state index in [2.05, 4.69) is 14.9 Å². The number of anilines is 2. The second kappa shape index (κ2) is 10.9. The summed E-state index contributed by atoms with van der Waals surface area (Å²) in [7, 11) is -4.06. The van der Waals surface area contributed by atoms with Crippen LogP contribution in [0.4, 0.5) is 11.4 Å². The van der Waals surface area contributed by atoms with Gasteiger partial charge in [0.05, 0.1) is 39.0 Å². The van der Waals surface area contributed by atoms with E-state index in [1.54, 1.807) is 42.6 Å². The van der Waals surface area contributed by atoms with Crippen LogP contribution in [0.25, 0.3) is 0 Å². The van der Waals surface area contributed by atoms with Gasteiger partial charge in [-0.2, -0.15) is 5.26 Å². The summed E-state index contributed by atoms with van der Waals surface area (Å²) in [5.41, 5.74) is 2.08. The van der Waals surface area contributed by atoms with E-state index >= 15 is 0 Å². The lowest BCUT2D eigenvalue weighted by atomic mass is 10.2. The van der Waals surface area contributed by atoms with Crippen LogP contribution >= 0.6 is 22.9 Å². The number of rotatable bonds is 7. The Hall–Kier alpha value is -3.85. The third-order valence-electron chi connectivity index (χ3n) is 6.30. The molecule has 0 atom stereocenters. The molecule has 5 rings (SSSR count). The minimum atomic E-state index is -4.06. The Bertz CT molecular complexity index is 1570. The highest BCUT2D eigenvalue weighted by Gasteiger charge is 2.29. The number of thiophene rings is 1. The van der Waals surface area contributed by atoms with Gasteiger partial charge in [-0.1, -0.05) is 23.7 Å². The van der Waals surface area contributed by atoms with Crippen molar-refractivity contribution in [1.82, 2.24) is 14.9 Å². The third kappa shape index (κ3) is 5.24. The quantitative estimate of drug-likeness (QED) is 0.356. The smallest absolute Gasteiger partial charge is 0.265 e. The van der Waals surface area contributed by atoms with Gasteiger partial charge in [0.2, 0.25) is 0 Å². The normalized spacial score (nSPS) is 13.8. The van der Waals surface area contributed by atoms with E-state index in [0.29, 0.717) is 46.8 Å². The topological polar surface area (TPSA) is 113 Å². The van der Waals surface area contributed by atoms with Crippen LogP contribution in [-0.4, -0.2) is 55.4 Å². The van der Waals surface area contributed by atoms with Crippen LogP contribution in [0, 0.1) is 11.3 Å². The van der Waals surface area contributed by atoms with Gasteiger partial charge in [0.1, 0.15) is 11.0 Å². The Kier molecular flexibility index (Phi) is 7.37. The molecule has 4 aromatic rings. The number of nitrogens with one attached hydrogen (secondary N) is 1. The van der Waals surface area contributed by atoms with Crippen molar-refractivity contribution in [2.75, 3.05) is 35.4 Å². The molecule has 1 N–H and O–H groups in total. The molecule has 0 saturated carbocycles. The number of amides is 1. The number of nitrogens with zero attached hydrogens (tertiary/aromatic N) is 5. The maximum atomic E-state index is 13.7. The molecule has 9 nitrogen and oxygen atoms in total. The Labute approximate surface area is 229 Å². The maximum Gasteiger partial charge on any atom is 0.265 e. The van der Waals surface area contributed by atoms with Crippen molar-refractivity contribution < 1.29 is 13.2 Å². The third-order valence-corrected chi connectivity index (χ3v) is 9.35. The first kappa shape index (κ1) is 25.8. The summed E-state index contributed by atoms with van der Waals surface area (Å²) in [4.78, 5) is 24.2. The van der Waals surface area contributed by atoms with Crippen LogP contribution in [-0.2, 0) is 16.6 Å². The molecule has 0 radical (unpaired) electrons. The van der Waals surface area contributed by atoms with Crippen LogP contribution in [0.15, 0.2) is 78.1 Å². The minimum Gasteiger partial charge on any atom is -0.368 e. The Morgan fingerprint density at radius 2 is 1.82 bits per heavy atom. The largest absolute Gasteiger partial charge is 0.368 e. The van der Waals surface area contributed by atoms with E-state index in [1.807, 2.05) is 23.1 Å². The van der Waals surface area contributed by atoms with Gasteiger partial charge in [0.15, 0.2) is 0 Å². The van der Waals surface area contributed by atoms with Gasteiger partial charge in [-0.15, -0.1) is 11.3 Å². The molecule has 1 saturated heterocycles. The summed E-state index contributed by atoms with van der Waals surface area (Å²) >= 11 is 7.26. The lowest BCUT2D eigenvalue weighted by Gasteiger charge is -2.36. The van der Waals surface area contributed by atoms with E-state index in [9.17, 15) is 18.5 Å². The summed E-state index contributed by atoms with van der Waals surface area (Å²) in [6.45, 7) is 2.46. The number of piperazine rings is 1. The van der Waals surface area contributed by atoms with Crippen molar-refractivity contribution in [3.8, 4) is 6.07 Å². The van der Waals surface area contributed by atoms with Crippen LogP contribution in [0.3, 0.4) is 0 Å². The summed E-state index contributed by atoms with van der Waals surface area (Å²) in [6.07, 6.45) is 3.06. The molecule has 194 valence electrons. The summed E-state index contributed by atoms with van der Waals surface area (Å²) < 4.78 is 29.3. The highest BCUT2D eigenvalue weighted by molar-refractivity contribution is 7.92. The predicted molar refractivity (Wildman–Crippen MR) is 147 cm³/mol. The SMILES string of the molecule is N#Cc1ccccc1S(=O)(=O)N(Cc1cnc[nH]1)c1ccc(N2CCN(C(=O)c3ccc(Cl)s3)CC2)cc1. The fourth-order valence-electron chi connectivity index (χ4n) is 4.33. The summed E-state index contributed by atoms with van der Waals surface area (Å²) in [6, 6.07) is 18.9. The molecule has 0 aliphatic carbocycles. The van der Waals surface area contributed by atoms with Crippen molar-refractivity contribution >= 4 is 50.2 Å². The van der Waals surface area contributed by atoms with Gasteiger partial charge < -0.3 is 14.8 Å². The van der Waals surface area contributed by atoms with Crippen LogP contribution in [0.2, 0.25) is 4.34 Å². The highest BCUT2D eigenvalue weighted by atomic mass is 35.5. The molecule has 12 heteroatoms. The van der Waals surface area contributed by atoms with Crippen molar-refractivity contribution in [3.63, 3.8) is 0 Å². The number of halogens is 1. The molecule has 2 aromatic heterocycles. The van der Waals surface area contributed by atoms with Gasteiger partial charge in [0.25, 0.3) is 15.9 Å². The summed E-state index contributed by atoms with van der Waals surface area (Å²) in [5, 5.41) is 9.51. The van der Waals surface area contributed by atoms with Crippen LogP contribution in [0.1, 0.15) is 20.9 Å². The molecule has 1 aliphatic rings. The number of imidazole rings is 1. The molecule has 2 aromatic carbocycles. The second-order valence-electron chi connectivity index (χ2n) is 8.60. The first-order chi connectivity index (χ1) is 18.4. The molecule has 1 amide bonds. The van der Waals surface area contributed by atoms with Gasteiger partial charge in [0, 0.05) is 38.1 Å². The lowest BCUT2D eigenvalue weighted by Crippen LogP contribution is -2.48. The van der Waals surface area contributed by atoms with Gasteiger partial charge in [-0.3, -0.25) is 9.10 Å². The Morgan fingerprint density at radius 3 is 2.45 bits per heavy atom. The second-order valence-corrected chi connectivity index (χ2v) is 12.1. The van der Waals surface area contributed by atoms with E-state index in [-0.39, 0.29) is 22.9 Å². The zero-order valence-electron chi connectivity index (χ0n) is 20.1. The van der Waals surface area contributed by atoms with E-state index in [4.69, 9.17) is 11.6 Å². The molecule has 0 spiro atoms. The molecule has 1 aliphatic heterocycles. The number of hydrogen-bond donors (Lipinski definition) is 1. The molecule has 1 fully saturated rings. The van der Waals surface area contributed by atoms with Gasteiger partial charge >= 0.3 is 0 Å².